The van der Waals surface area contributed by atoms with E-state index in [-0.39, 0.29) is 30.0 Å². The number of ether oxygens (including phenoxy) is 2. The summed E-state index contributed by atoms with van der Waals surface area (Å²) < 4.78 is 78.4. The van der Waals surface area contributed by atoms with Gasteiger partial charge in [-0.3, -0.25) is 4.79 Å². The molecule has 4 aromatic rings. The molecular weight excluding hydrogens is 545 g/mol. The highest BCUT2D eigenvalue weighted by atomic mass is 32.2. The molecule has 0 aliphatic rings. The first-order chi connectivity index (χ1) is 18.8. The van der Waals surface area contributed by atoms with Gasteiger partial charge in [-0.1, -0.05) is 6.07 Å². The van der Waals surface area contributed by atoms with Crippen LogP contribution in [0.4, 0.5) is 13.2 Å². The van der Waals surface area contributed by atoms with Crippen molar-refractivity contribution in [1.82, 2.24) is 9.29 Å². The van der Waals surface area contributed by atoms with Gasteiger partial charge in [-0.2, -0.15) is 17.5 Å². The molecule has 7 nitrogen and oxygen atoms in total. The zero-order valence-electron chi connectivity index (χ0n) is 22.4. The van der Waals surface area contributed by atoms with Crippen LogP contribution in [0.1, 0.15) is 27.8 Å². The molecule has 1 aromatic heterocycles. The predicted octanol–water partition coefficient (Wildman–Crippen LogP) is 5.61. The number of fused-ring (bicyclic) bond motifs is 1. The molecule has 0 aliphatic heterocycles. The Bertz CT molecular complexity index is 1700. The number of aromatic amines is 1. The van der Waals surface area contributed by atoms with Gasteiger partial charge in [0.15, 0.2) is 11.5 Å². The van der Waals surface area contributed by atoms with Gasteiger partial charge in [0, 0.05) is 24.2 Å². The molecule has 0 unspecified atom stereocenters. The number of halogens is 3. The van der Waals surface area contributed by atoms with E-state index in [0.29, 0.717) is 17.0 Å². The summed E-state index contributed by atoms with van der Waals surface area (Å²) >= 11 is 0. The largest absolute Gasteiger partial charge is 0.493 e. The minimum Gasteiger partial charge on any atom is -0.493 e. The van der Waals surface area contributed by atoms with Gasteiger partial charge in [-0.15, -0.1) is 0 Å². The highest BCUT2D eigenvalue weighted by Gasteiger charge is 2.32. The minimum atomic E-state index is -4.61. The van der Waals surface area contributed by atoms with Crippen molar-refractivity contribution < 1.29 is 31.1 Å². The van der Waals surface area contributed by atoms with Gasteiger partial charge in [0.2, 0.25) is 10.0 Å². The van der Waals surface area contributed by atoms with Crippen LogP contribution in [0, 0.1) is 13.8 Å². The molecule has 0 bridgehead atoms. The number of benzene rings is 3. The fraction of sp³-hybridized carbons (Fsp3) is 0.276. The van der Waals surface area contributed by atoms with E-state index in [1.165, 1.54) is 14.2 Å². The van der Waals surface area contributed by atoms with Crippen molar-refractivity contribution in [2.45, 2.75) is 37.9 Å². The standard InChI is InChI=1S/C29H29F3N2O5S/c1-18-13-21-16-22(28(35)33-25(21)14-19(18)2)17-34(12-11-20-5-10-26(38-3)27(15-20)39-4)40(36,37)24-8-6-23(7-9-24)29(30,31)32/h5-10,13-16H,11-12,17H2,1-4H3,(H,33,35). The van der Waals surface area contributed by atoms with Gasteiger partial charge < -0.3 is 14.5 Å². The summed E-state index contributed by atoms with van der Waals surface area (Å²) in [4.78, 5) is 15.5. The second kappa shape index (κ2) is 11.3. The summed E-state index contributed by atoms with van der Waals surface area (Å²) in [5.74, 6) is 0.975. The molecule has 0 amide bonds. The Labute approximate surface area is 230 Å². The zero-order chi connectivity index (χ0) is 29.2. The van der Waals surface area contributed by atoms with Crippen molar-refractivity contribution in [3.63, 3.8) is 0 Å². The monoisotopic (exact) mass is 574 g/mol. The average Bonchev–Trinajstić information content (AvgIpc) is 2.91. The Morgan fingerprint density at radius 1 is 0.875 bits per heavy atom. The van der Waals surface area contributed by atoms with Gasteiger partial charge >= 0.3 is 6.18 Å². The van der Waals surface area contributed by atoms with Crippen LogP contribution >= 0.6 is 0 Å². The normalized spacial score (nSPS) is 12.2. The molecule has 1 N–H and O–H groups in total. The van der Waals surface area contributed by atoms with E-state index >= 15 is 0 Å². The molecule has 4 rings (SSSR count). The lowest BCUT2D eigenvalue weighted by atomic mass is 10.0. The van der Waals surface area contributed by atoms with Crippen molar-refractivity contribution in [3.05, 3.63) is 98.8 Å². The van der Waals surface area contributed by atoms with Crippen molar-refractivity contribution in [2.75, 3.05) is 20.8 Å². The van der Waals surface area contributed by atoms with Crippen LogP contribution in [0.15, 0.2) is 70.4 Å². The lowest BCUT2D eigenvalue weighted by molar-refractivity contribution is -0.137. The van der Waals surface area contributed by atoms with E-state index in [1.54, 1.807) is 24.3 Å². The third kappa shape index (κ3) is 6.15. The number of nitrogens with one attached hydrogen (secondary N) is 1. The molecule has 1 heterocycles. The van der Waals surface area contributed by atoms with E-state index in [4.69, 9.17) is 9.47 Å². The van der Waals surface area contributed by atoms with E-state index in [0.717, 1.165) is 50.6 Å². The van der Waals surface area contributed by atoms with Gasteiger partial charge in [-0.05, 0) is 96.9 Å². The van der Waals surface area contributed by atoms with Crippen molar-refractivity contribution in [3.8, 4) is 11.5 Å². The minimum absolute atomic E-state index is 0.0523. The van der Waals surface area contributed by atoms with Gasteiger partial charge in [0.25, 0.3) is 5.56 Å². The van der Waals surface area contributed by atoms with Crippen LogP contribution in [-0.4, -0.2) is 38.5 Å². The number of alkyl halides is 3. The maximum Gasteiger partial charge on any atom is 0.416 e. The average molecular weight is 575 g/mol. The summed E-state index contributed by atoms with van der Waals surface area (Å²) in [7, 11) is -1.30. The SMILES string of the molecule is COc1ccc(CCN(Cc2cc3cc(C)c(C)cc3[nH]c2=O)S(=O)(=O)c2ccc(C(F)(F)F)cc2)cc1OC. The van der Waals surface area contributed by atoms with Crippen LogP contribution in [0.3, 0.4) is 0 Å². The first-order valence-electron chi connectivity index (χ1n) is 12.3. The van der Waals surface area contributed by atoms with Crippen molar-refractivity contribution in [2.24, 2.45) is 0 Å². The number of sulfonamides is 1. The molecule has 0 saturated heterocycles. The molecule has 0 atom stereocenters. The first kappa shape index (κ1) is 29.2. The zero-order valence-corrected chi connectivity index (χ0v) is 23.2. The number of hydrogen-bond acceptors (Lipinski definition) is 5. The quantitative estimate of drug-likeness (QED) is 0.281. The van der Waals surface area contributed by atoms with Gasteiger partial charge in [-0.25, -0.2) is 8.42 Å². The molecule has 11 heteroatoms. The van der Waals surface area contributed by atoms with Gasteiger partial charge in [0.05, 0.1) is 24.7 Å². The molecule has 3 aromatic carbocycles. The summed E-state index contributed by atoms with van der Waals surface area (Å²) in [6.07, 6.45) is -4.37. The fourth-order valence-electron chi connectivity index (χ4n) is 4.37. The maximum absolute atomic E-state index is 13.7. The Morgan fingerprint density at radius 3 is 2.15 bits per heavy atom. The molecule has 212 valence electrons. The third-order valence-corrected chi connectivity index (χ3v) is 8.66. The van der Waals surface area contributed by atoms with Gasteiger partial charge in [0.1, 0.15) is 0 Å². The summed E-state index contributed by atoms with van der Waals surface area (Å²) in [6.45, 7) is 3.52. The third-order valence-electron chi connectivity index (χ3n) is 6.80. The highest BCUT2D eigenvalue weighted by molar-refractivity contribution is 7.89. The van der Waals surface area contributed by atoms with E-state index < -0.39 is 27.3 Å². The van der Waals surface area contributed by atoms with Crippen molar-refractivity contribution >= 4 is 20.9 Å². The van der Waals surface area contributed by atoms with Crippen LogP contribution in [0.5, 0.6) is 11.5 Å². The predicted molar refractivity (Wildman–Crippen MR) is 146 cm³/mol. The van der Waals surface area contributed by atoms with Crippen LogP contribution in [0.25, 0.3) is 10.9 Å². The maximum atomic E-state index is 13.7. The number of H-pyrrole nitrogens is 1. The van der Waals surface area contributed by atoms with E-state index in [2.05, 4.69) is 4.98 Å². The molecule has 0 saturated carbocycles. The van der Waals surface area contributed by atoms with Crippen LogP contribution in [-0.2, 0) is 29.2 Å². The summed E-state index contributed by atoms with van der Waals surface area (Å²) in [5.41, 5.74) is 2.17. The summed E-state index contributed by atoms with van der Waals surface area (Å²) in [5, 5.41) is 0.740. The summed E-state index contributed by atoms with van der Waals surface area (Å²) in [6, 6.07) is 13.9. The number of rotatable bonds is 9. The number of aryl methyl sites for hydroxylation is 2. The smallest absolute Gasteiger partial charge is 0.416 e. The molecule has 40 heavy (non-hydrogen) atoms. The first-order valence-corrected chi connectivity index (χ1v) is 13.8. The number of aromatic nitrogens is 1. The number of hydrogen-bond donors (Lipinski definition) is 1. The molecule has 0 aliphatic carbocycles. The Balaban J connectivity index is 1.73. The topological polar surface area (TPSA) is 88.7 Å². The van der Waals surface area contributed by atoms with Crippen molar-refractivity contribution in [1.29, 1.82) is 0 Å². The number of nitrogens with zero attached hydrogens (tertiary/aromatic N) is 1. The Morgan fingerprint density at radius 2 is 1.52 bits per heavy atom. The lowest BCUT2D eigenvalue weighted by Gasteiger charge is -2.23. The Hall–Kier alpha value is -3.83. The van der Waals surface area contributed by atoms with E-state index in [1.807, 2.05) is 26.0 Å². The van der Waals surface area contributed by atoms with Crippen LogP contribution < -0.4 is 15.0 Å². The lowest BCUT2D eigenvalue weighted by Crippen LogP contribution is -2.34. The molecule has 0 spiro atoms. The van der Waals surface area contributed by atoms with Crippen LogP contribution in [0.2, 0.25) is 0 Å². The molecular formula is C29H29F3N2O5S. The number of methoxy groups -OCH3 is 2. The number of pyridine rings is 1. The Kier molecular flexibility index (Phi) is 8.27. The van der Waals surface area contributed by atoms with E-state index in [9.17, 15) is 26.4 Å². The fourth-order valence-corrected chi connectivity index (χ4v) is 5.79. The second-order valence-electron chi connectivity index (χ2n) is 9.45. The molecule has 0 fully saturated rings. The highest BCUT2D eigenvalue weighted by Crippen LogP contribution is 2.31. The molecule has 0 radical (unpaired) electrons. The second-order valence-corrected chi connectivity index (χ2v) is 11.4.